The lowest BCUT2D eigenvalue weighted by Gasteiger charge is -1.80. The Kier molecular flexibility index (Phi) is 4.02. The Morgan fingerprint density at radius 1 is 1.50 bits per heavy atom. The Morgan fingerprint density at radius 3 is 2.10 bits per heavy atom. The van der Waals surface area contributed by atoms with Crippen LogP contribution in [0, 0.1) is 0 Å². The molecular weight excluding hydrogens is 134 g/mol. The van der Waals surface area contributed by atoms with Gasteiger partial charge in [0.1, 0.15) is 0 Å². The van der Waals surface area contributed by atoms with E-state index in [0.717, 1.165) is 19.4 Å². The molecule has 58 valence electrons. The lowest BCUT2D eigenvalue weighted by atomic mass is 10.4. The maximum Gasteiger partial charge on any atom is 0.309 e. The van der Waals surface area contributed by atoms with Crippen molar-refractivity contribution in [3.05, 3.63) is 0 Å². The SMILES string of the molecule is NC(N)=O.O=C1CCCN1. The van der Waals surface area contributed by atoms with Gasteiger partial charge in [-0.05, 0) is 6.42 Å². The van der Waals surface area contributed by atoms with Crippen LogP contribution < -0.4 is 16.8 Å². The van der Waals surface area contributed by atoms with Crippen LogP contribution in [0.4, 0.5) is 4.79 Å². The summed E-state index contributed by atoms with van der Waals surface area (Å²) in [5.41, 5.74) is 8.50. The molecular formula is C5H11N3O2. The summed E-state index contributed by atoms with van der Waals surface area (Å²) in [6.07, 6.45) is 1.76. The first-order valence-electron chi connectivity index (χ1n) is 2.94. The zero-order valence-corrected chi connectivity index (χ0v) is 5.59. The third-order valence-electron chi connectivity index (χ3n) is 0.903. The molecule has 5 heteroatoms. The molecule has 0 aromatic heterocycles. The van der Waals surface area contributed by atoms with Gasteiger partial charge in [0.15, 0.2) is 0 Å². The Bertz CT molecular complexity index is 123. The fraction of sp³-hybridized carbons (Fsp3) is 0.600. The maximum absolute atomic E-state index is 10.1. The van der Waals surface area contributed by atoms with Crippen LogP contribution >= 0.6 is 0 Å². The summed E-state index contributed by atoms with van der Waals surface area (Å²) < 4.78 is 0. The van der Waals surface area contributed by atoms with Gasteiger partial charge in [-0.3, -0.25) is 4.79 Å². The summed E-state index contributed by atoms with van der Waals surface area (Å²) in [6.45, 7) is 0.888. The number of hydrogen-bond acceptors (Lipinski definition) is 2. The third-order valence-corrected chi connectivity index (χ3v) is 0.903. The van der Waals surface area contributed by atoms with Gasteiger partial charge in [0, 0.05) is 13.0 Å². The number of rotatable bonds is 0. The molecule has 0 radical (unpaired) electrons. The van der Waals surface area contributed by atoms with E-state index in [-0.39, 0.29) is 5.91 Å². The van der Waals surface area contributed by atoms with Crippen LogP contribution in [0.3, 0.4) is 0 Å². The van der Waals surface area contributed by atoms with Gasteiger partial charge in [0.2, 0.25) is 5.91 Å². The average Bonchev–Trinajstić information content (AvgIpc) is 2.15. The predicted octanol–water partition coefficient (Wildman–Crippen LogP) is -1.08. The van der Waals surface area contributed by atoms with Crippen molar-refractivity contribution in [2.45, 2.75) is 12.8 Å². The smallest absolute Gasteiger partial charge is 0.309 e. The molecule has 10 heavy (non-hydrogen) atoms. The van der Waals surface area contributed by atoms with Gasteiger partial charge in [0.05, 0.1) is 0 Å². The minimum absolute atomic E-state index is 0.204. The van der Waals surface area contributed by atoms with Crippen LogP contribution in [0.5, 0.6) is 0 Å². The quantitative estimate of drug-likeness (QED) is 0.404. The van der Waals surface area contributed by atoms with Crippen molar-refractivity contribution >= 4 is 11.9 Å². The first kappa shape index (κ1) is 8.74. The van der Waals surface area contributed by atoms with E-state index in [4.69, 9.17) is 4.79 Å². The van der Waals surface area contributed by atoms with E-state index in [1.807, 2.05) is 0 Å². The van der Waals surface area contributed by atoms with Crippen LogP contribution in [-0.2, 0) is 4.79 Å². The highest BCUT2D eigenvalue weighted by Crippen LogP contribution is 1.93. The van der Waals surface area contributed by atoms with Gasteiger partial charge in [-0.25, -0.2) is 4.79 Å². The summed E-state index contributed by atoms with van der Waals surface area (Å²) in [6, 6.07) is -0.833. The average molecular weight is 145 g/mol. The van der Waals surface area contributed by atoms with Crippen molar-refractivity contribution in [2.75, 3.05) is 6.54 Å². The Hall–Kier alpha value is -1.26. The van der Waals surface area contributed by atoms with Crippen molar-refractivity contribution in [1.82, 2.24) is 5.32 Å². The molecule has 5 nitrogen and oxygen atoms in total. The van der Waals surface area contributed by atoms with E-state index in [0.29, 0.717) is 0 Å². The van der Waals surface area contributed by atoms with E-state index in [1.54, 1.807) is 0 Å². The molecule has 0 aromatic carbocycles. The molecule has 5 N–H and O–H groups in total. The number of primary amides is 2. The number of nitrogens with two attached hydrogens (primary N) is 2. The molecule has 1 fully saturated rings. The lowest BCUT2D eigenvalue weighted by molar-refractivity contribution is -0.119. The Balaban J connectivity index is 0.000000180. The molecule has 0 aliphatic carbocycles. The molecule has 0 atom stereocenters. The second-order valence-corrected chi connectivity index (χ2v) is 1.86. The predicted molar refractivity (Wildman–Crippen MR) is 36.0 cm³/mol. The fourth-order valence-corrected chi connectivity index (χ4v) is 0.565. The zero-order chi connectivity index (χ0) is 7.98. The van der Waals surface area contributed by atoms with Crippen molar-refractivity contribution in [1.29, 1.82) is 0 Å². The summed E-state index contributed by atoms with van der Waals surface area (Å²) in [5, 5.41) is 2.68. The fourth-order valence-electron chi connectivity index (χ4n) is 0.565. The minimum Gasteiger partial charge on any atom is -0.356 e. The van der Waals surface area contributed by atoms with E-state index >= 15 is 0 Å². The van der Waals surface area contributed by atoms with Crippen LogP contribution in [0.1, 0.15) is 12.8 Å². The van der Waals surface area contributed by atoms with Gasteiger partial charge in [-0.15, -0.1) is 0 Å². The topological polar surface area (TPSA) is 98.2 Å². The standard InChI is InChI=1S/C4H7NO.CH4N2O/c6-4-2-1-3-5-4;2-1(3)4/h1-3H2,(H,5,6);(H4,2,3,4). The number of carbonyl (C=O) groups is 2. The number of urea groups is 1. The molecule has 3 amide bonds. The largest absolute Gasteiger partial charge is 0.356 e. The molecule has 0 aromatic rings. The molecule has 1 aliphatic rings. The van der Waals surface area contributed by atoms with Crippen molar-refractivity contribution in [2.24, 2.45) is 11.5 Å². The van der Waals surface area contributed by atoms with Crippen molar-refractivity contribution in [3.63, 3.8) is 0 Å². The lowest BCUT2D eigenvalue weighted by Crippen LogP contribution is -2.18. The molecule has 1 saturated heterocycles. The summed E-state index contributed by atoms with van der Waals surface area (Å²) >= 11 is 0. The first-order valence-corrected chi connectivity index (χ1v) is 2.94. The highest BCUT2D eigenvalue weighted by atomic mass is 16.2. The van der Waals surface area contributed by atoms with E-state index < -0.39 is 6.03 Å². The van der Waals surface area contributed by atoms with E-state index in [1.165, 1.54) is 0 Å². The van der Waals surface area contributed by atoms with Crippen molar-refractivity contribution < 1.29 is 9.59 Å². The molecule has 0 bridgehead atoms. The maximum atomic E-state index is 10.1. The molecule has 0 unspecified atom stereocenters. The molecule has 1 heterocycles. The number of amides is 3. The molecule has 1 rings (SSSR count). The molecule has 0 saturated carbocycles. The second-order valence-electron chi connectivity index (χ2n) is 1.86. The number of carbonyl (C=O) groups excluding carboxylic acids is 2. The van der Waals surface area contributed by atoms with Gasteiger partial charge in [-0.2, -0.15) is 0 Å². The van der Waals surface area contributed by atoms with Crippen LogP contribution in [0.25, 0.3) is 0 Å². The molecule has 0 spiro atoms. The molecule has 1 aliphatic heterocycles. The van der Waals surface area contributed by atoms with Gasteiger partial charge >= 0.3 is 6.03 Å². The summed E-state index contributed by atoms with van der Waals surface area (Å²) in [4.78, 5) is 19.1. The van der Waals surface area contributed by atoms with Crippen LogP contribution in [0.15, 0.2) is 0 Å². The van der Waals surface area contributed by atoms with E-state index in [9.17, 15) is 4.79 Å². The Morgan fingerprint density at radius 2 is 2.00 bits per heavy atom. The minimum atomic E-state index is -0.833. The van der Waals surface area contributed by atoms with Crippen molar-refractivity contribution in [3.8, 4) is 0 Å². The normalized spacial score (nSPS) is 15.0. The second kappa shape index (κ2) is 4.60. The van der Waals surface area contributed by atoms with Gasteiger partial charge < -0.3 is 16.8 Å². The van der Waals surface area contributed by atoms with E-state index in [2.05, 4.69) is 16.8 Å². The highest BCUT2D eigenvalue weighted by molar-refractivity contribution is 5.77. The van der Waals surface area contributed by atoms with Gasteiger partial charge in [-0.1, -0.05) is 0 Å². The third kappa shape index (κ3) is 6.74. The first-order chi connectivity index (χ1) is 4.63. The Labute approximate surface area is 58.8 Å². The van der Waals surface area contributed by atoms with Crippen LogP contribution in [0.2, 0.25) is 0 Å². The van der Waals surface area contributed by atoms with Gasteiger partial charge in [0.25, 0.3) is 0 Å². The summed E-state index contributed by atoms with van der Waals surface area (Å²) in [7, 11) is 0. The highest BCUT2D eigenvalue weighted by Gasteiger charge is 2.05. The van der Waals surface area contributed by atoms with Crippen LogP contribution in [-0.4, -0.2) is 18.5 Å². The number of nitrogens with one attached hydrogen (secondary N) is 1. The number of hydrogen-bond donors (Lipinski definition) is 3. The summed E-state index contributed by atoms with van der Waals surface area (Å²) in [5.74, 6) is 0.204. The zero-order valence-electron chi connectivity index (χ0n) is 5.59. The monoisotopic (exact) mass is 145 g/mol.